The fourth-order valence-electron chi connectivity index (χ4n) is 2.08. The number of piperazine rings is 1. The van der Waals surface area contributed by atoms with Gasteiger partial charge in [0.05, 0.1) is 20.3 Å². The summed E-state index contributed by atoms with van der Waals surface area (Å²) in [5.74, 6) is 0.887. The predicted molar refractivity (Wildman–Crippen MR) is 72.0 cm³/mol. The molecule has 1 heterocycles. The summed E-state index contributed by atoms with van der Waals surface area (Å²) < 4.78 is 10.9. The Bertz CT molecular complexity index is 351. The topological polar surface area (TPSA) is 33.7 Å². The smallest absolute Gasteiger partial charge is 0.119 e. The third-order valence-electron chi connectivity index (χ3n) is 3.16. The van der Waals surface area contributed by atoms with Crippen LogP contribution in [0.4, 0.5) is 0 Å². The number of nitrogens with zero attached hydrogens (tertiary/aromatic N) is 1. The SMILES string of the molecule is COc1cccc(COCCN2CCNCC2)c1. The summed E-state index contributed by atoms with van der Waals surface area (Å²) in [5.41, 5.74) is 1.16. The molecule has 4 nitrogen and oxygen atoms in total. The highest BCUT2D eigenvalue weighted by atomic mass is 16.5. The maximum Gasteiger partial charge on any atom is 0.119 e. The molecule has 0 spiro atoms. The molecule has 1 aromatic rings. The number of hydrogen-bond donors (Lipinski definition) is 1. The number of nitrogens with one attached hydrogen (secondary N) is 1. The van der Waals surface area contributed by atoms with Crippen molar-refractivity contribution < 1.29 is 9.47 Å². The van der Waals surface area contributed by atoms with E-state index in [1.165, 1.54) is 0 Å². The van der Waals surface area contributed by atoms with Crippen molar-refractivity contribution in [1.82, 2.24) is 10.2 Å². The molecule has 0 aliphatic carbocycles. The van der Waals surface area contributed by atoms with Gasteiger partial charge in [0.15, 0.2) is 0 Å². The highest BCUT2D eigenvalue weighted by Crippen LogP contribution is 2.13. The fourth-order valence-corrected chi connectivity index (χ4v) is 2.08. The van der Waals surface area contributed by atoms with E-state index in [4.69, 9.17) is 9.47 Å². The number of benzene rings is 1. The number of methoxy groups -OCH3 is 1. The van der Waals surface area contributed by atoms with E-state index < -0.39 is 0 Å². The van der Waals surface area contributed by atoms with Crippen molar-refractivity contribution in [2.75, 3.05) is 46.4 Å². The molecule has 1 saturated heterocycles. The van der Waals surface area contributed by atoms with Crippen molar-refractivity contribution in [3.63, 3.8) is 0 Å². The van der Waals surface area contributed by atoms with Crippen LogP contribution in [0, 0.1) is 0 Å². The quantitative estimate of drug-likeness (QED) is 0.767. The Balaban J connectivity index is 1.65. The molecular weight excluding hydrogens is 228 g/mol. The van der Waals surface area contributed by atoms with Gasteiger partial charge in [-0.25, -0.2) is 0 Å². The Kier molecular flexibility index (Phi) is 5.45. The van der Waals surface area contributed by atoms with Gasteiger partial charge in [-0.2, -0.15) is 0 Å². The van der Waals surface area contributed by atoms with E-state index in [0.717, 1.165) is 50.6 Å². The van der Waals surface area contributed by atoms with Gasteiger partial charge in [-0.1, -0.05) is 12.1 Å². The maximum atomic E-state index is 5.70. The molecule has 0 bridgehead atoms. The highest BCUT2D eigenvalue weighted by Gasteiger charge is 2.08. The van der Waals surface area contributed by atoms with Gasteiger partial charge in [-0.05, 0) is 17.7 Å². The summed E-state index contributed by atoms with van der Waals surface area (Å²) in [6, 6.07) is 8.02. The first-order chi connectivity index (χ1) is 8.88. The Morgan fingerprint density at radius 2 is 2.11 bits per heavy atom. The molecule has 0 amide bonds. The van der Waals surface area contributed by atoms with Gasteiger partial charge in [0.2, 0.25) is 0 Å². The molecule has 1 N–H and O–H groups in total. The summed E-state index contributed by atoms with van der Waals surface area (Å²) in [6.45, 7) is 6.91. The molecule has 0 saturated carbocycles. The number of ether oxygens (including phenoxy) is 2. The zero-order chi connectivity index (χ0) is 12.6. The van der Waals surface area contributed by atoms with Gasteiger partial charge < -0.3 is 14.8 Å². The lowest BCUT2D eigenvalue weighted by atomic mass is 10.2. The summed E-state index contributed by atoms with van der Waals surface area (Å²) in [6.07, 6.45) is 0. The second kappa shape index (κ2) is 7.36. The number of hydrogen-bond acceptors (Lipinski definition) is 4. The third kappa shape index (κ3) is 4.29. The van der Waals surface area contributed by atoms with E-state index in [2.05, 4.69) is 16.3 Å². The minimum absolute atomic E-state index is 0.656. The zero-order valence-electron chi connectivity index (χ0n) is 11.0. The minimum Gasteiger partial charge on any atom is -0.497 e. The number of rotatable bonds is 6. The second-order valence-corrected chi connectivity index (χ2v) is 4.50. The van der Waals surface area contributed by atoms with Crippen molar-refractivity contribution in [3.05, 3.63) is 29.8 Å². The molecule has 0 unspecified atom stereocenters. The van der Waals surface area contributed by atoms with Crippen LogP contribution in [-0.2, 0) is 11.3 Å². The summed E-state index contributed by atoms with van der Waals surface area (Å²) >= 11 is 0. The Morgan fingerprint density at radius 3 is 2.89 bits per heavy atom. The standard InChI is InChI=1S/C14H22N2O2/c1-17-14-4-2-3-13(11-14)12-18-10-9-16-7-5-15-6-8-16/h2-4,11,15H,5-10,12H2,1H3. The van der Waals surface area contributed by atoms with Crippen LogP contribution in [-0.4, -0.2) is 51.3 Å². The lowest BCUT2D eigenvalue weighted by Crippen LogP contribution is -2.44. The largest absolute Gasteiger partial charge is 0.497 e. The molecule has 18 heavy (non-hydrogen) atoms. The Labute approximate surface area is 109 Å². The lowest BCUT2D eigenvalue weighted by molar-refractivity contribution is 0.0885. The molecule has 0 aromatic heterocycles. The molecule has 2 rings (SSSR count). The highest BCUT2D eigenvalue weighted by molar-refractivity contribution is 5.27. The molecule has 1 aromatic carbocycles. The summed E-state index contributed by atoms with van der Waals surface area (Å²) in [7, 11) is 1.68. The second-order valence-electron chi connectivity index (χ2n) is 4.50. The Morgan fingerprint density at radius 1 is 1.28 bits per heavy atom. The lowest BCUT2D eigenvalue weighted by Gasteiger charge is -2.26. The van der Waals surface area contributed by atoms with E-state index in [0.29, 0.717) is 6.61 Å². The summed E-state index contributed by atoms with van der Waals surface area (Å²) in [4.78, 5) is 2.43. The fraction of sp³-hybridized carbons (Fsp3) is 0.571. The third-order valence-corrected chi connectivity index (χ3v) is 3.16. The molecule has 1 aliphatic rings. The van der Waals surface area contributed by atoms with Crippen molar-refractivity contribution in [3.8, 4) is 5.75 Å². The van der Waals surface area contributed by atoms with E-state index in [-0.39, 0.29) is 0 Å². The molecule has 0 radical (unpaired) electrons. The summed E-state index contributed by atoms with van der Waals surface area (Å²) in [5, 5.41) is 3.35. The van der Waals surface area contributed by atoms with Gasteiger partial charge in [-0.3, -0.25) is 4.90 Å². The van der Waals surface area contributed by atoms with Crippen molar-refractivity contribution in [2.24, 2.45) is 0 Å². The van der Waals surface area contributed by atoms with Gasteiger partial charge >= 0.3 is 0 Å². The van der Waals surface area contributed by atoms with Crippen LogP contribution >= 0.6 is 0 Å². The monoisotopic (exact) mass is 250 g/mol. The molecule has 1 fully saturated rings. The van der Waals surface area contributed by atoms with Crippen molar-refractivity contribution in [1.29, 1.82) is 0 Å². The van der Waals surface area contributed by atoms with Crippen LogP contribution in [0.5, 0.6) is 5.75 Å². The molecular formula is C14H22N2O2. The van der Waals surface area contributed by atoms with Gasteiger partial charge in [0.1, 0.15) is 5.75 Å². The van der Waals surface area contributed by atoms with E-state index in [1.807, 2.05) is 18.2 Å². The van der Waals surface area contributed by atoms with Crippen LogP contribution in [0.15, 0.2) is 24.3 Å². The normalized spacial score (nSPS) is 16.7. The Hall–Kier alpha value is -1.10. The first-order valence-corrected chi connectivity index (χ1v) is 6.52. The van der Waals surface area contributed by atoms with Crippen molar-refractivity contribution in [2.45, 2.75) is 6.61 Å². The van der Waals surface area contributed by atoms with Crippen LogP contribution in [0.2, 0.25) is 0 Å². The van der Waals surface area contributed by atoms with Gasteiger partial charge in [-0.15, -0.1) is 0 Å². The van der Waals surface area contributed by atoms with Crippen LogP contribution < -0.4 is 10.1 Å². The molecule has 4 heteroatoms. The average molecular weight is 250 g/mol. The maximum absolute atomic E-state index is 5.70. The molecule has 100 valence electrons. The van der Waals surface area contributed by atoms with Crippen LogP contribution in [0.3, 0.4) is 0 Å². The molecule has 1 aliphatic heterocycles. The van der Waals surface area contributed by atoms with E-state index in [1.54, 1.807) is 7.11 Å². The van der Waals surface area contributed by atoms with Crippen LogP contribution in [0.1, 0.15) is 5.56 Å². The van der Waals surface area contributed by atoms with E-state index >= 15 is 0 Å². The van der Waals surface area contributed by atoms with Crippen molar-refractivity contribution >= 4 is 0 Å². The first kappa shape index (κ1) is 13.3. The van der Waals surface area contributed by atoms with Gasteiger partial charge in [0.25, 0.3) is 0 Å². The van der Waals surface area contributed by atoms with E-state index in [9.17, 15) is 0 Å². The zero-order valence-corrected chi connectivity index (χ0v) is 11.0. The van der Waals surface area contributed by atoms with Gasteiger partial charge in [0, 0.05) is 32.7 Å². The first-order valence-electron chi connectivity index (χ1n) is 6.52. The molecule has 0 atom stereocenters. The predicted octanol–water partition coefficient (Wildman–Crippen LogP) is 1.12. The average Bonchev–Trinajstić information content (AvgIpc) is 2.45. The minimum atomic E-state index is 0.656. The van der Waals surface area contributed by atoms with Crippen LogP contribution in [0.25, 0.3) is 0 Å².